The molecule has 2 N–H and O–H groups in total. The summed E-state index contributed by atoms with van der Waals surface area (Å²) in [5.41, 5.74) is 6.70. The summed E-state index contributed by atoms with van der Waals surface area (Å²) < 4.78 is 18.6. The summed E-state index contributed by atoms with van der Waals surface area (Å²) in [6.07, 6.45) is 3.75. The van der Waals surface area contributed by atoms with Crippen LogP contribution in [-0.2, 0) is 10.3 Å². The van der Waals surface area contributed by atoms with Crippen molar-refractivity contribution in [2.45, 2.75) is 37.3 Å². The van der Waals surface area contributed by atoms with E-state index in [2.05, 4.69) is 0 Å². The zero-order chi connectivity index (χ0) is 11.6. The second-order valence-electron chi connectivity index (χ2n) is 4.54. The lowest BCUT2D eigenvalue weighted by Gasteiger charge is -2.38. The van der Waals surface area contributed by atoms with Gasteiger partial charge in [0.15, 0.2) is 0 Å². The molecule has 1 aliphatic rings. The normalized spacial score (nSPS) is 30.3. The van der Waals surface area contributed by atoms with Crippen molar-refractivity contribution in [3.05, 3.63) is 35.6 Å². The van der Waals surface area contributed by atoms with E-state index >= 15 is 0 Å². The zero-order valence-electron chi connectivity index (χ0n) is 9.58. The topological polar surface area (TPSA) is 35.2 Å². The van der Waals surface area contributed by atoms with Crippen molar-refractivity contribution in [2.75, 3.05) is 7.11 Å². The number of hydrogen-bond donors (Lipinski definition) is 1. The fraction of sp³-hybridized carbons (Fsp3) is 0.538. The minimum Gasteiger partial charge on any atom is -0.374 e. The molecule has 88 valence electrons. The first-order valence-electron chi connectivity index (χ1n) is 5.73. The molecule has 16 heavy (non-hydrogen) atoms. The van der Waals surface area contributed by atoms with Crippen LogP contribution < -0.4 is 5.73 Å². The molecule has 1 aliphatic carbocycles. The van der Waals surface area contributed by atoms with Gasteiger partial charge < -0.3 is 10.5 Å². The van der Waals surface area contributed by atoms with Gasteiger partial charge in [0, 0.05) is 13.2 Å². The summed E-state index contributed by atoms with van der Waals surface area (Å²) in [6, 6.07) is 6.89. The van der Waals surface area contributed by atoms with Gasteiger partial charge in [-0.15, -0.1) is 0 Å². The third kappa shape index (κ3) is 2.11. The number of rotatable bonds is 2. The molecule has 0 atom stereocenters. The van der Waals surface area contributed by atoms with Crippen molar-refractivity contribution < 1.29 is 9.13 Å². The number of ether oxygens (including phenoxy) is 1. The Hall–Kier alpha value is -0.930. The van der Waals surface area contributed by atoms with E-state index in [9.17, 15) is 4.39 Å². The van der Waals surface area contributed by atoms with Crippen LogP contribution in [0, 0.1) is 5.82 Å². The largest absolute Gasteiger partial charge is 0.374 e. The highest BCUT2D eigenvalue weighted by Crippen LogP contribution is 2.39. The molecular weight excluding hydrogens is 205 g/mol. The molecule has 1 aromatic carbocycles. The summed E-state index contributed by atoms with van der Waals surface area (Å²) in [6.45, 7) is 0. The molecule has 0 heterocycles. The van der Waals surface area contributed by atoms with Crippen molar-refractivity contribution in [1.29, 1.82) is 0 Å². The summed E-state index contributed by atoms with van der Waals surface area (Å²) >= 11 is 0. The predicted molar refractivity (Wildman–Crippen MR) is 61.5 cm³/mol. The summed E-state index contributed by atoms with van der Waals surface area (Å²) in [5.74, 6) is -0.206. The molecule has 0 aliphatic heterocycles. The smallest absolute Gasteiger partial charge is 0.123 e. The van der Waals surface area contributed by atoms with Gasteiger partial charge >= 0.3 is 0 Å². The van der Waals surface area contributed by atoms with Gasteiger partial charge in [0.2, 0.25) is 0 Å². The lowest BCUT2D eigenvalue weighted by Crippen LogP contribution is -2.38. The minimum absolute atomic E-state index is 0.206. The minimum atomic E-state index is -0.260. The van der Waals surface area contributed by atoms with E-state index in [0.29, 0.717) is 0 Å². The fourth-order valence-corrected chi connectivity index (χ4v) is 2.47. The van der Waals surface area contributed by atoms with E-state index in [0.717, 1.165) is 31.2 Å². The number of halogens is 1. The molecular formula is C13H18FNO. The Morgan fingerprint density at radius 3 is 2.31 bits per heavy atom. The molecule has 1 saturated carbocycles. The molecule has 0 saturated heterocycles. The van der Waals surface area contributed by atoms with Crippen LogP contribution in [0.1, 0.15) is 31.2 Å². The first-order valence-corrected chi connectivity index (χ1v) is 5.73. The Bertz CT molecular complexity index is 341. The van der Waals surface area contributed by atoms with Gasteiger partial charge in [0.05, 0.1) is 5.60 Å². The van der Waals surface area contributed by atoms with Gasteiger partial charge in [-0.25, -0.2) is 4.39 Å². The van der Waals surface area contributed by atoms with Crippen LogP contribution in [0.15, 0.2) is 24.3 Å². The average Bonchev–Trinajstić information content (AvgIpc) is 2.32. The highest BCUT2D eigenvalue weighted by molar-refractivity contribution is 5.24. The standard InChI is InChI=1S/C13H18FNO/c1-16-13(8-6-12(15)7-9-13)10-2-4-11(14)5-3-10/h2-5,12H,6-9,15H2,1H3. The summed E-state index contributed by atoms with van der Waals surface area (Å²) in [5, 5.41) is 0. The van der Waals surface area contributed by atoms with Crippen molar-refractivity contribution in [3.8, 4) is 0 Å². The highest BCUT2D eigenvalue weighted by atomic mass is 19.1. The van der Waals surface area contributed by atoms with Crippen LogP contribution in [0.5, 0.6) is 0 Å². The van der Waals surface area contributed by atoms with Crippen LogP contribution in [0.25, 0.3) is 0 Å². The molecule has 0 radical (unpaired) electrons. The lowest BCUT2D eigenvalue weighted by molar-refractivity contribution is -0.0477. The first-order chi connectivity index (χ1) is 7.66. The Morgan fingerprint density at radius 1 is 1.25 bits per heavy atom. The van der Waals surface area contributed by atoms with Crippen LogP contribution in [0.4, 0.5) is 4.39 Å². The average molecular weight is 223 g/mol. The molecule has 1 aromatic rings. The van der Waals surface area contributed by atoms with E-state index in [1.54, 1.807) is 7.11 Å². The van der Waals surface area contributed by atoms with Gasteiger partial charge in [-0.3, -0.25) is 0 Å². The highest BCUT2D eigenvalue weighted by Gasteiger charge is 2.35. The fourth-order valence-electron chi connectivity index (χ4n) is 2.47. The van der Waals surface area contributed by atoms with Crippen LogP contribution in [0.2, 0.25) is 0 Å². The summed E-state index contributed by atoms with van der Waals surface area (Å²) in [4.78, 5) is 0. The second kappa shape index (κ2) is 4.52. The summed E-state index contributed by atoms with van der Waals surface area (Å²) in [7, 11) is 1.72. The van der Waals surface area contributed by atoms with E-state index in [4.69, 9.17) is 10.5 Å². The Morgan fingerprint density at radius 2 is 1.81 bits per heavy atom. The molecule has 0 aromatic heterocycles. The molecule has 3 heteroatoms. The van der Waals surface area contributed by atoms with E-state index in [-0.39, 0.29) is 17.5 Å². The van der Waals surface area contributed by atoms with E-state index in [1.165, 1.54) is 12.1 Å². The van der Waals surface area contributed by atoms with Gasteiger partial charge in [-0.05, 0) is 43.4 Å². The van der Waals surface area contributed by atoms with E-state index < -0.39 is 0 Å². The maximum Gasteiger partial charge on any atom is 0.123 e. The van der Waals surface area contributed by atoms with Gasteiger partial charge in [0.1, 0.15) is 5.82 Å². The Balaban J connectivity index is 2.24. The second-order valence-corrected chi connectivity index (χ2v) is 4.54. The third-order valence-electron chi connectivity index (χ3n) is 3.60. The van der Waals surface area contributed by atoms with Gasteiger partial charge in [-0.2, -0.15) is 0 Å². The van der Waals surface area contributed by atoms with Crippen LogP contribution >= 0.6 is 0 Å². The van der Waals surface area contributed by atoms with Crippen LogP contribution in [-0.4, -0.2) is 13.2 Å². The van der Waals surface area contributed by atoms with Crippen molar-refractivity contribution in [2.24, 2.45) is 5.73 Å². The molecule has 0 amide bonds. The number of methoxy groups -OCH3 is 1. The maximum atomic E-state index is 12.9. The lowest BCUT2D eigenvalue weighted by atomic mass is 9.78. The van der Waals surface area contributed by atoms with Crippen LogP contribution in [0.3, 0.4) is 0 Å². The quantitative estimate of drug-likeness (QED) is 0.836. The monoisotopic (exact) mass is 223 g/mol. The number of benzene rings is 1. The van der Waals surface area contributed by atoms with Gasteiger partial charge in [-0.1, -0.05) is 12.1 Å². The Kier molecular flexibility index (Phi) is 3.26. The van der Waals surface area contributed by atoms with Crippen molar-refractivity contribution >= 4 is 0 Å². The zero-order valence-corrected chi connectivity index (χ0v) is 9.58. The molecule has 0 bridgehead atoms. The van der Waals surface area contributed by atoms with Crippen molar-refractivity contribution in [1.82, 2.24) is 0 Å². The maximum absolute atomic E-state index is 12.9. The molecule has 0 spiro atoms. The van der Waals surface area contributed by atoms with E-state index in [1.807, 2.05) is 12.1 Å². The molecule has 2 nitrogen and oxygen atoms in total. The number of hydrogen-bond acceptors (Lipinski definition) is 2. The SMILES string of the molecule is COC1(c2ccc(F)cc2)CCC(N)CC1. The van der Waals surface area contributed by atoms with Crippen molar-refractivity contribution in [3.63, 3.8) is 0 Å². The molecule has 1 fully saturated rings. The van der Waals surface area contributed by atoms with Gasteiger partial charge in [0.25, 0.3) is 0 Å². The molecule has 0 unspecified atom stereocenters. The first kappa shape index (κ1) is 11.6. The third-order valence-corrected chi connectivity index (χ3v) is 3.60. The predicted octanol–water partition coefficient (Wildman–Crippen LogP) is 2.57. The Labute approximate surface area is 95.6 Å². The number of nitrogens with two attached hydrogens (primary N) is 1. The molecule has 2 rings (SSSR count).